The predicted molar refractivity (Wildman–Crippen MR) is 51.9 cm³/mol. The summed E-state index contributed by atoms with van der Waals surface area (Å²) in [5.41, 5.74) is 1.61. The summed E-state index contributed by atoms with van der Waals surface area (Å²) in [5, 5.41) is 9.51. The van der Waals surface area contributed by atoms with Crippen LogP contribution in [0.1, 0.15) is 5.56 Å². The van der Waals surface area contributed by atoms with E-state index in [-0.39, 0.29) is 0 Å². The topological polar surface area (TPSA) is 47.9 Å². The van der Waals surface area contributed by atoms with Crippen LogP contribution >= 0.6 is 0 Å². The number of benzene rings is 1. The molecular weight excluding hydrogens is 183 g/mol. The van der Waals surface area contributed by atoms with Gasteiger partial charge in [0.15, 0.2) is 0 Å². The van der Waals surface area contributed by atoms with Gasteiger partial charge in [0.05, 0.1) is 20.8 Å². The van der Waals surface area contributed by atoms with Gasteiger partial charge in [0.2, 0.25) is 0 Å². The molecule has 0 unspecified atom stereocenters. The van der Waals surface area contributed by atoms with Crippen LogP contribution in [0.15, 0.2) is 12.1 Å². The van der Waals surface area contributed by atoms with Crippen molar-refractivity contribution in [3.8, 4) is 11.5 Å². The van der Waals surface area contributed by atoms with E-state index in [9.17, 15) is 5.02 Å². The van der Waals surface area contributed by atoms with Crippen molar-refractivity contribution in [3.63, 3.8) is 0 Å². The molecule has 0 aliphatic carbocycles. The Labute approximate surface area is 82.5 Å². The number of hydrogen-bond acceptors (Lipinski definition) is 4. The quantitative estimate of drug-likeness (QED) is 0.669. The highest BCUT2D eigenvalue weighted by atomic mass is 16.5. The molecule has 1 aromatic rings. The first-order chi connectivity index (χ1) is 6.76. The van der Waals surface area contributed by atoms with Gasteiger partial charge in [-0.1, -0.05) is 0 Å². The summed E-state index contributed by atoms with van der Waals surface area (Å²) < 4.78 is 15.3. The Morgan fingerprint density at radius 1 is 1.36 bits per heavy atom. The second-order valence-electron chi connectivity index (χ2n) is 3.07. The van der Waals surface area contributed by atoms with Crippen molar-refractivity contribution in [1.29, 1.82) is 0 Å². The SMILES string of the molecule is COc1cc2c(c(OC)c1)B(O)OC2. The van der Waals surface area contributed by atoms with Gasteiger partial charge in [-0.25, -0.2) is 0 Å². The first kappa shape index (κ1) is 9.36. The van der Waals surface area contributed by atoms with Crippen molar-refractivity contribution in [2.75, 3.05) is 14.2 Å². The van der Waals surface area contributed by atoms with Gasteiger partial charge < -0.3 is 19.2 Å². The number of ether oxygens (including phenoxy) is 2. The van der Waals surface area contributed by atoms with E-state index < -0.39 is 7.12 Å². The smallest absolute Gasteiger partial charge is 0.495 e. The Morgan fingerprint density at radius 3 is 2.79 bits per heavy atom. The summed E-state index contributed by atoms with van der Waals surface area (Å²) in [6.45, 7) is 0.393. The van der Waals surface area contributed by atoms with Crippen molar-refractivity contribution >= 4 is 12.6 Å². The van der Waals surface area contributed by atoms with Gasteiger partial charge in [0.25, 0.3) is 0 Å². The van der Waals surface area contributed by atoms with Crippen LogP contribution in [0.2, 0.25) is 0 Å². The molecule has 0 saturated carbocycles. The number of rotatable bonds is 2. The average molecular weight is 194 g/mol. The summed E-state index contributed by atoms with van der Waals surface area (Å²) in [7, 11) is 2.26. The van der Waals surface area contributed by atoms with Gasteiger partial charge in [-0.2, -0.15) is 0 Å². The maximum Gasteiger partial charge on any atom is 0.495 e. The van der Waals surface area contributed by atoms with E-state index in [0.29, 0.717) is 23.6 Å². The van der Waals surface area contributed by atoms with Crippen LogP contribution in [0, 0.1) is 0 Å². The van der Waals surface area contributed by atoms with Gasteiger partial charge in [0.1, 0.15) is 11.5 Å². The Bertz CT molecular complexity index is 353. The monoisotopic (exact) mass is 194 g/mol. The van der Waals surface area contributed by atoms with Crippen molar-refractivity contribution in [3.05, 3.63) is 17.7 Å². The molecule has 0 fully saturated rings. The number of hydrogen-bond donors (Lipinski definition) is 1. The van der Waals surface area contributed by atoms with Crippen LogP contribution in [-0.4, -0.2) is 26.4 Å². The molecule has 1 heterocycles. The maximum absolute atomic E-state index is 9.51. The second kappa shape index (κ2) is 3.51. The molecular formula is C9H11BO4. The summed E-state index contributed by atoms with van der Waals surface area (Å²) in [5.74, 6) is 1.31. The molecule has 0 radical (unpaired) electrons. The molecule has 0 spiro atoms. The van der Waals surface area contributed by atoms with Crippen LogP contribution in [0.25, 0.3) is 0 Å². The van der Waals surface area contributed by atoms with E-state index in [2.05, 4.69) is 0 Å². The van der Waals surface area contributed by atoms with E-state index in [1.54, 1.807) is 20.3 Å². The molecule has 4 nitrogen and oxygen atoms in total. The van der Waals surface area contributed by atoms with Crippen molar-refractivity contribution < 1.29 is 19.2 Å². The van der Waals surface area contributed by atoms with Crippen LogP contribution < -0.4 is 14.9 Å². The van der Waals surface area contributed by atoms with E-state index in [1.807, 2.05) is 6.07 Å². The van der Waals surface area contributed by atoms with Crippen molar-refractivity contribution in [2.24, 2.45) is 0 Å². The van der Waals surface area contributed by atoms with Gasteiger partial charge in [0, 0.05) is 11.5 Å². The first-order valence-corrected chi connectivity index (χ1v) is 4.30. The Balaban J connectivity index is 2.52. The summed E-state index contributed by atoms with van der Waals surface area (Å²) in [4.78, 5) is 0. The maximum atomic E-state index is 9.51. The van der Waals surface area contributed by atoms with E-state index in [1.165, 1.54) is 0 Å². The number of fused-ring (bicyclic) bond motifs is 1. The van der Waals surface area contributed by atoms with E-state index >= 15 is 0 Å². The summed E-state index contributed by atoms with van der Waals surface area (Å²) >= 11 is 0. The highest BCUT2D eigenvalue weighted by Gasteiger charge is 2.31. The fraction of sp³-hybridized carbons (Fsp3) is 0.333. The lowest BCUT2D eigenvalue weighted by Crippen LogP contribution is -2.29. The highest BCUT2D eigenvalue weighted by Crippen LogP contribution is 2.24. The lowest BCUT2D eigenvalue weighted by molar-refractivity contribution is 0.275. The minimum Gasteiger partial charge on any atom is -0.497 e. The Kier molecular flexibility index (Phi) is 2.35. The summed E-state index contributed by atoms with van der Waals surface area (Å²) in [6, 6.07) is 3.57. The lowest BCUT2D eigenvalue weighted by Gasteiger charge is -2.09. The highest BCUT2D eigenvalue weighted by molar-refractivity contribution is 6.62. The zero-order chi connectivity index (χ0) is 10.1. The minimum atomic E-state index is -0.883. The minimum absolute atomic E-state index is 0.393. The predicted octanol–water partition coefficient (Wildman–Crippen LogP) is -0.0785. The number of methoxy groups -OCH3 is 2. The molecule has 5 heteroatoms. The molecule has 0 bridgehead atoms. The largest absolute Gasteiger partial charge is 0.497 e. The fourth-order valence-corrected chi connectivity index (χ4v) is 1.59. The molecule has 1 aliphatic rings. The third-order valence-corrected chi connectivity index (χ3v) is 2.30. The lowest BCUT2D eigenvalue weighted by atomic mass is 9.78. The van der Waals surface area contributed by atoms with Crippen molar-refractivity contribution in [1.82, 2.24) is 0 Å². The fourth-order valence-electron chi connectivity index (χ4n) is 1.59. The second-order valence-corrected chi connectivity index (χ2v) is 3.07. The molecule has 1 N–H and O–H groups in total. The van der Waals surface area contributed by atoms with Crippen LogP contribution in [0.3, 0.4) is 0 Å². The Morgan fingerprint density at radius 2 is 2.14 bits per heavy atom. The third-order valence-electron chi connectivity index (χ3n) is 2.30. The molecule has 0 amide bonds. The standard InChI is InChI=1S/C9H11BO4/c1-12-7-3-6-5-14-10(11)9(6)8(4-7)13-2/h3-4,11H,5H2,1-2H3. The molecule has 0 atom stereocenters. The van der Waals surface area contributed by atoms with Crippen LogP contribution in [-0.2, 0) is 11.3 Å². The van der Waals surface area contributed by atoms with Gasteiger partial charge in [-0.15, -0.1) is 0 Å². The van der Waals surface area contributed by atoms with E-state index in [0.717, 1.165) is 5.56 Å². The van der Waals surface area contributed by atoms with Crippen LogP contribution in [0.4, 0.5) is 0 Å². The molecule has 1 aliphatic heterocycles. The summed E-state index contributed by atoms with van der Waals surface area (Å²) in [6.07, 6.45) is 0. The molecule has 0 aromatic heterocycles. The van der Waals surface area contributed by atoms with Gasteiger partial charge >= 0.3 is 7.12 Å². The van der Waals surface area contributed by atoms with Gasteiger partial charge in [-0.3, -0.25) is 0 Å². The molecule has 74 valence electrons. The molecule has 0 saturated heterocycles. The molecule has 1 aromatic carbocycles. The average Bonchev–Trinajstić information content (AvgIpc) is 2.59. The Hall–Kier alpha value is -1.20. The first-order valence-electron chi connectivity index (χ1n) is 4.30. The van der Waals surface area contributed by atoms with E-state index in [4.69, 9.17) is 14.1 Å². The van der Waals surface area contributed by atoms with Gasteiger partial charge in [-0.05, 0) is 11.6 Å². The molecule has 2 rings (SSSR count). The third kappa shape index (κ3) is 1.34. The zero-order valence-electron chi connectivity index (χ0n) is 8.11. The molecule has 14 heavy (non-hydrogen) atoms. The zero-order valence-corrected chi connectivity index (χ0v) is 8.11. The van der Waals surface area contributed by atoms with Crippen LogP contribution in [0.5, 0.6) is 11.5 Å². The normalized spacial score (nSPS) is 14.1. The van der Waals surface area contributed by atoms with Crippen molar-refractivity contribution in [2.45, 2.75) is 6.61 Å².